The third-order valence-corrected chi connectivity index (χ3v) is 3.64. The summed E-state index contributed by atoms with van der Waals surface area (Å²) in [7, 11) is 0. The second-order valence-electron chi connectivity index (χ2n) is 3.11. The third kappa shape index (κ3) is 1.76. The number of hydrogen-bond acceptors (Lipinski definition) is 2. The molecule has 0 fully saturated rings. The van der Waals surface area contributed by atoms with Crippen LogP contribution in [-0.4, -0.2) is 0 Å². The summed E-state index contributed by atoms with van der Waals surface area (Å²) >= 11 is 6.99. The average molecular weight is 218 g/mol. The van der Waals surface area contributed by atoms with E-state index in [1.54, 1.807) is 11.3 Å². The molecule has 0 saturated carbocycles. The van der Waals surface area contributed by atoms with Crippen LogP contribution >= 0.6 is 23.6 Å². The van der Waals surface area contributed by atoms with E-state index < -0.39 is 0 Å². The normalized spacial score (nSPS) is 10.1. The van der Waals surface area contributed by atoms with Gasteiger partial charge in [0, 0.05) is 9.39 Å². The van der Waals surface area contributed by atoms with Crippen molar-refractivity contribution in [1.29, 1.82) is 0 Å². The summed E-state index contributed by atoms with van der Waals surface area (Å²) in [5.41, 5.74) is 2.46. The van der Waals surface area contributed by atoms with Gasteiger partial charge in [-0.2, -0.15) is 0 Å². The van der Waals surface area contributed by atoms with E-state index >= 15 is 0 Å². The van der Waals surface area contributed by atoms with Gasteiger partial charge in [-0.05, 0) is 29.5 Å². The Morgan fingerprint density at radius 1 is 1.07 bits per heavy atom. The highest BCUT2D eigenvalue weighted by molar-refractivity contribution is 7.71. The third-order valence-electron chi connectivity index (χ3n) is 2.15. The van der Waals surface area contributed by atoms with Crippen molar-refractivity contribution < 1.29 is 0 Å². The van der Waals surface area contributed by atoms with E-state index in [2.05, 4.69) is 36.6 Å². The Bertz CT molecular complexity index is 483. The van der Waals surface area contributed by atoms with Gasteiger partial charge in [-0.3, -0.25) is 0 Å². The minimum absolute atomic E-state index is 0.947. The maximum Gasteiger partial charge on any atom is 0.0428 e. The Balaban J connectivity index is 2.64. The Labute approximate surface area is 92.9 Å². The zero-order chi connectivity index (χ0) is 9.97. The molecule has 0 aliphatic carbocycles. The molecule has 2 aromatic rings. The van der Waals surface area contributed by atoms with Crippen LogP contribution in [0.25, 0.3) is 10.4 Å². The molecule has 0 aliphatic rings. The molecule has 0 spiro atoms. The Morgan fingerprint density at radius 3 is 2.50 bits per heavy atom. The summed E-state index contributed by atoms with van der Waals surface area (Å²) in [6.07, 6.45) is 0. The van der Waals surface area contributed by atoms with Gasteiger partial charge in [-0.1, -0.05) is 42.5 Å². The largest absolute Gasteiger partial charge is 0.143 e. The van der Waals surface area contributed by atoms with Gasteiger partial charge in [-0.25, -0.2) is 0 Å². The first-order valence-corrected chi connectivity index (χ1v) is 5.71. The molecule has 0 unspecified atom stereocenters. The van der Waals surface area contributed by atoms with Crippen LogP contribution in [0, 0.1) is 11.4 Å². The van der Waals surface area contributed by atoms with Crippen molar-refractivity contribution in [3.8, 4) is 10.4 Å². The fraction of sp³-hybridized carbons (Fsp3) is 0.0833. The van der Waals surface area contributed by atoms with E-state index in [0.29, 0.717) is 0 Å². The molecule has 0 bridgehead atoms. The summed E-state index contributed by atoms with van der Waals surface area (Å²) in [6, 6.07) is 12.4. The molecule has 0 nitrogen and oxygen atoms in total. The van der Waals surface area contributed by atoms with E-state index in [-0.39, 0.29) is 0 Å². The SMILES string of the molecule is Cc1c(-c2ccccc2)sccc1=S. The fourth-order valence-electron chi connectivity index (χ4n) is 1.36. The van der Waals surface area contributed by atoms with Gasteiger partial charge in [0.05, 0.1) is 0 Å². The van der Waals surface area contributed by atoms with Crippen molar-refractivity contribution in [2.24, 2.45) is 0 Å². The first-order valence-electron chi connectivity index (χ1n) is 4.43. The molecule has 0 radical (unpaired) electrons. The zero-order valence-electron chi connectivity index (χ0n) is 7.86. The maximum absolute atomic E-state index is 5.25. The minimum atomic E-state index is 0.947. The molecule has 1 heterocycles. The minimum Gasteiger partial charge on any atom is -0.143 e. The molecule has 1 aromatic heterocycles. The molecule has 0 aliphatic heterocycles. The topological polar surface area (TPSA) is 0 Å². The van der Waals surface area contributed by atoms with Crippen molar-refractivity contribution in [2.45, 2.75) is 6.92 Å². The summed E-state index contributed by atoms with van der Waals surface area (Å²) in [6.45, 7) is 2.08. The summed E-state index contributed by atoms with van der Waals surface area (Å²) in [4.78, 5) is 1.28. The first kappa shape index (κ1) is 9.56. The summed E-state index contributed by atoms with van der Waals surface area (Å²) < 4.78 is 0.947. The molecule has 0 amide bonds. The predicted octanol–water partition coefficient (Wildman–Crippen LogP) is 4.45. The van der Waals surface area contributed by atoms with Crippen LogP contribution in [0.5, 0.6) is 0 Å². The number of rotatable bonds is 1. The van der Waals surface area contributed by atoms with Gasteiger partial charge < -0.3 is 0 Å². The van der Waals surface area contributed by atoms with Crippen molar-refractivity contribution in [2.75, 3.05) is 0 Å². The van der Waals surface area contributed by atoms with Crippen LogP contribution in [0.1, 0.15) is 5.56 Å². The average Bonchev–Trinajstić information content (AvgIpc) is 2.23. The Hall–Kier alpha value is -0.990. The lowest BCUT2D eigenvalue weighted by Crippen LogP contribution is -1.80. The lowest BCUT2D eigenvalue weighted by molar-refractivity contribution is 1.49. The van der Waals surface area contributed by atoms with E-state index in [9.17, 15) is 0 Å². The lowest BCUT2D eigenvalue weighted by atomic mass is 10.1. The van der Waals surface area contributed by atoms with Crippen LogP contribution < -0.4 is 0 Å². The maximum atomic E-state index is 5.25. The molecule has 0 saturated heterocycles. The molecule has 2 heteroatoms. The number of benzene rings is 1. The Morgan fingerprint density at radius 2 is 1.79 bits per heavy atom. The van der Waals surface area contributed by atoms with Crippen LogP contribution in [0.4, 0.5) is 0 Å². The molecule has 1 aromatic carbocycles. The predicted molar refractivity (Wildman–Crippen MR) is 65.3 cm³/mol. The van der Waals surface area contributed by atoms with Crippen molar-refractivity contribution in [1.82, 2.24) is 0 Å². The second-order valence-corrected chi connectivity index (χ2v) is 4.46. The summed E-state index contributed by atoms with van der Waals surface area (Å²) in [5.74, 6) is 0. The Kier molecular flexibility index (Phi) is 2.75. The monoisotopic (exact) mass is 218 g/mol. The highest BCUT2D eigenvalue weighted by atomic mass is 32.1. The van der Waals surface area contributed by atoms with Crippen LogP contribution in [0.2, 0.25) is 0 Å². The van der Waals surface area contributed by atoms with Gasteiger partial charge in [-0.15, -0.1) is 11.3 Å². The van der Waals surface area contributed by atoms with Gasteiger partial charge >= 0.3 is 0 Å². The van der Waals surface area contributed by atoms with Crippen LogP contribution in [0.3, 0.4) is 0 Å². The lowest BCUT2D eigenvalue weighted by Gasteiger charge is -2.03. The number of hydrogen-bond donors (Lipinski definition) is 0. The highest BCUT2D eigenvalue weighted by Crippen LogP contribution is 2.27. The van der Waals surface area contributed by atoms with Gasteiger partial charge in [0.2, 0.25) is 0 Å². The van der Waals surface area contributed by atoms with Gasteiger partial charge in [0.1, 0.15) is 0 Å². The highest BCUT2D eigenvalue weighted by Gasteiger charge is 2.01. The zero-order valence-corrected chi connectivity index (χ0v) is 9.49. The fourth-order valence-corrected chi connectivity index (χ4v) is 2.58. The molecule has 70 valence electrons. The molecule has 2 rings (SSSR count). The van der Waals surface area contributed by atoms with E-state index in [4.69, 9.17) is 12.2 Å². The van der Waals surface area contributed by atoms with Crippen molar-refractivity contribution in [3.63, 3.8) is 0 Å². The molecule has 14 heavy (non-hydrogen) atoms. The standard InChI is InChI=1S/C12H10S2/c1-9-11(13)7-8-14-12(9)10-5-3-2-4-6-10/h2-8H,1H3. The van der Waals surface area contributed by atoms with Gasteiger partial charge in [0.25, 0.3) is 0 Å². The quantitative estimate of drug-likeness (QED) is 0.637. The molecular formula is C12H10S2. The van der Waals surface area contributed by atoms with Crippen LogP contribution in [-0.2, 0) is 0 Å². The van der Waals surface area contributed by atoms with E-state index in [0.717, 1.165) is 4.51 Å². The van der Waals surface area contributed by atoms with E-state index in [1.807, 2.05) is 12.1 Å². The second kappa shape index (κ2) is 4.03. The molecular weight excluding hydrogens is 208 g/mol. The molecule has 0 N–H and O–H groups in total. The smallest absolute Gasteiger partial charge is 0.0428 e. The molecule has 0 atom stereocenters. The van der Waals surface area contributed by atoms with E-state index in [1.165, 1.54) is 16.0 Å². The van der Waals surface area contributed by atoms with Crippen LogP contribution in [0.15, 0.2) is 41.8 Å². The van der Waals surface area contributed by atoms with Gasteiger partial charge in [0.15, 0.2) is 0 Å². The summed E-state index contributed by atoms with van der Waals surface area (Å²) in [5, 5.41) is 2.05. The van der Waals surface area contributed by atoms with Crippen molar-refractivity contribution in [3.05, 3.63) is 51.9 Å². The first-order chi connectivity index (χ1) is 6.79. The van der Waals surface area contributed by atoms with Crippen molar-refractivity contribution >= 4 is 23.6 Å².